The van der Waals surface area contributed by atoms with Crippen LogP contribution in [0.4, 0.5) is 14.5 Å². The molecule has 4 nitrogen and oxygen atoms in total. The smallest absolute Gasteiger partial charge is 0.225 e. The molecule has 0 saturated carbocycles. The monoisotopic (exact) mass is 337 g/mol. The maximum Gasteiger partial charge on any atom is 0.225 e. The molecular formula is C18H25F2N3O. The topological polar surface area (TPSA) is 35.6 Å². The minimum Gasteiger partial charge on any atom is -0.324 e. The first-order valence-corrected chi connectivity index (χ1v) is 8.76. The number of anilines is 1. The second-order valence-corrected chi connectivity index (χ2v) is 6.92. The van der Waals surface area contributed by atoms with E-state index in [9.17, 15) is 13.6 Å². The van der Waals surface area contributed by atoms with Gasteiger partial charge in [-0.1, -0.05) is 6.42 Å². The highest BCUT2D eigenvalue weighted by Gasteiger charge is 2.34. The van der Waals surface area contributed by atoms with Crippen molar-refractivity contribution >= 4 is 11.6 Å². The zero-order valence-corrected chi connectivity index (χ0v) is 14.1. The van der Waals surface area contributed by atoms with Crippen molar-refractivity contribution in [1.82, 2.24) is 9.80 Å². The molecule has 0 unspecified atom stereocenters. The number of hydrogen-bond donors (Lipinski definition) is 1. The molecule has 2 heterocycles. The molecule has 1 aromatic carbocycles. The highest BCUT2D eigenvalue weighted by atomic mass is 19.1. The molecule has 0 spiro atoms. The number of halogens is 2. The molecule has 132 valence electrons. The molecule has 1 aromatic rings. The molecule has 2 aliphatic heterocycles. The summed E-state index contributed by atoms with van der Waals surface area (Å²) in [4.78, 5) is 16.8. The fourth-order valence-corrected chi connectivity index (χ4v) is 3.66. The number of hydrogen-bond acceptors (Lipinski definition) is 3. The van der Waals surface area contributed by atoms with Gasteiger partial charge in [0.25, 0.3) is 0 Å². The number of piperidine rings is 1. The molecular weight excluding hydrogens is 312 g/mol. The second kappa shape index (κ2) is 7.57. The van der Waals surface area contributed by atoms with Crippen molar-refractivity contribution in [2.24, 2.45) is 0 Å². The van der Waals surface area contributed by atoms with Crippen LogP contribution >= 0.6 is 0 Å². The van der Waals surface area contributed by atoms with E-state index >= 15 is 0 Å². The van der Waals surface area contributed by atoms with E-state index in [2.05, 4.69) is 22.0 Å². The highest BCUT2D eigenvalue weighted by molar-refractivity contribution is 5.90. The van der Waals surface area contributed by atoms with E-state index in [1.54, 1.807) is 0 Å². The zero-order chi connectivity index (χ0) is 17.1. The van der Waals surface area contributed by atoms with E-state index in [1.807, 2.05) is 0 Å². The predicted molar refractivity (Wildman–Crippen MR) is 89.9 cm³/mol. The summed E-state index contributed by atoms with van der Waals surface area (Å²) in [7, 11) is 0. The Morgan fingerprint density at radius 3 is 2.79 bits per heavy atom. The molecule has 3 rings (SSSR count). The summed E-state index contributed by atoms with van der Waals surface area (Å²) in [6.45, 7) is 6.16. The summed E-state index contributed by atoms with van der Waals surface area (Å²) < 4.78 is 26.4. The van der Waals surface area contributed by atoms with Gasteiger partial charge in [0.05, 0.1) is 5.69 Å². The van der Waals surface area contributed by atoms with E-state index in [0.29, 0.717) is 25.0 Å². The quantitative estimate of drug-likeness (QED) is 0.897. The third kappa shape index (κ3) is 4.11. The minimum absolute atomic E-state index is 0.0324. The highest BCUT2D eigenvalue weighted by Crippen LogP contribution is 2.24. The largest absolute Gasteiger partial charge is 0.324 e. The Labute approximate surface area is 141 Å². The SMILES string of the molecule is C[C@@H]1CCCCN1C1CN(CCC(=O)Nc2ccc(F)cc2F)C1. The average molecular weight is 337 g/mol. The van der Waals surface area contributed by atoms with Crippen LogP contribution in [0.3, 0.4) is 0 Å². The Balaban J connectivity index is 1.38. The Morgan fingerprint density at radius 1 is 1.29 bits per heavy atom. The van der Waals surface area contributed by atoms with Gasteiger partial charge >= 0.3 is 0 Å². The van der Waals surface area contributed by atoms with Gasteiger partial charge in [-0.15, -0.1) is 0 Å². The summed E-state index contributed by atoms with van der Waals surface area (Å²) in [5, 5.41) is 2.50. The van der Waals surface area contributed by atoms with Crippen LogP contribution in [-0.4, -0.2) is 54.0 Å². The maximum atomic E-state index is 13.5. The predicted octanol–water partition coefficient (Wildman–Crippen LogP) is 2.85. The van der Waals surface area contributed by atoms with Gasteiger partial charge in [-0.3, -0.25) is 14.6 Å². The van der Waals surface area contributed by atoms with Gasteiger partial charge in [-0.2, -0.15) is 0 Å². The lowest BCUT2D eigenvalue weighted by molar-refractivity contribution is -0.117. The van der Waals surface area contributed by atoms with Gasteiger partial charge in [0.1, 0.15) is 11.6 Å². The van der Waals surface area contributed by atoms with Crippen LogP contribution in [0.5, 0.6) is 0 Å². The molecule has 6 heteroatoms. The molecule has 1 amide bonds. The van der Waals surface area contributed by atoms with Crippen LogP contribution in [0.1, 0.15) is 32.6 Å². The van der Waals surface area contributed by atoms with E-state index < -0.39 is 11.6 Å². The van der Waals surface area contributed by atoms with Crippen LogP contribution in [-0.2, 0) is 4.79 Å². The Morgan fingerprint density at radius 2 is 2.08 bits per heavy atom. The lowest BCUT2D eigenvalue weighted by atomic mass is 9.97. The van der Waals surface area contributed by atoms with Crippen LogP contribution in [0.15, 0.2) is 18.2 Å². The minimum atomic E-state index is -0.744. The molecule has 0 radical (unpaired) electrons. The van der Waals surface area contributed by atoms with Crippen molar-refractivity contribution in [3.05, 3.63) is 29.8 Å². The third-order valence-corrected chi connectivity index (χ3v) is 5.12. The number of rotatable bonds is 5. The van der Waals surface area contributed by atoms with Crippen molar-refractivity contribution < 1.29 is 13.6 Å². The number of likely N-dealkylation sites (tertiary alicyclic amines) is 2. The number of nitrogens with one attached hydrogen (secondary N) is 1. The first kappa shape index (κ1) is 17.3. The van der Waals surface area contributed by atoms with Gasteiger partial charge in [0.15, 0.2) is 0 Å². The van der Waals surface area contributed by atoms with Crippen molar-refractivity contribution in [2.75, 3.05) is 31.5 Å². The molecule has 2 saturated heterocycles. The summed E-state index contributed by atoms with van der Waals surface area (Å²) in [6.07, 6.45) is 4.21. The molecule has 1 N–H and O–H groups in total. The lowest BCUT2D eigenvalue weighted by Gasteiger charge is -2.49. The number of benzene rings is 1. The van der Waals surface area contributed by atoms with Crippen LogP contribution in [0.25, 0.3) is 0 Å². The molecule has 0 bridgehead atoms. The molecule has 0 aromatic heterocycles. The third-order valence-electron chi connectivity index (χ3n) is 5.12. The van der Waals surface area contributed by atoms with E-state index in [-0.39, 0.29) is 11.6 Å². The molecule has 24 heavy (non-hydrogen) atoms. The van der Waals surface area contributed by atoms with Crippen LogP contribution in [0.2, 0.25) is 0 Å². The van der Waals surface area contributed by atoms with Gasteiger partial charge in [0.2, 0.25) is 5.91 Å². The van der Waals surface area contributed by atoms with Gasteiger partial charge in [0, 0.05) is 44.2 Å². The average Bonchev–Trinajstić information content (AvgIpc) is 2.50. The Hall–Kier alpha value is -1.53. The van der Waals surface area contributed by atoms with Crippen LogP contribution in [0, 0.1) is 11.6 Å². The normalized spacial score (nSPS) is 23.0. The second-order valence-electron chi connectivity index (χ2n) is 6.92. The summed E-state index contributed by atoms with van der Waals surface area (Å²) in [5.41, 5.74) is 0.0324. The van der Waals surface area contributed by atoms with Crippen LogP contribution < -0.4 is 5.32 Å². The molecule has 2 fully saturated rings. The molecule has 2 aliphatic rings. The van der Waals surface area contributed by atoms with E-state index in [1.165, 1.54) is 31.9 Å². The van der Waals surface area contributed by atoms with E-state index in [4.69, 9.17) is 0 Å². The number of carbonyl (C=O) groups excluding carboxylic acids is 1. The molecule has 0 aliphatic carbocycles. The van der Waals surface area contributed by atoms with Crippen molar-refractivity contribution in [2.45, 2.75) is 44.7 Å². The first-order valence-electron chi connectivity index (χ1n) is 8.76. The van der Waals surface area contributed by atoms with Gasteiger partial charge in [-0.25, -0.2) is 8.78 Å². The standard InChI is InChI=1S/C18H25F2N3O/c1-13-4-2-3-8-23(13)15-11-22(12-15)9-7-18(24)21-17-6-5-14(19)10-16(17)20/h5-6,10,13,15H,2-4,7-9,11-12H2,1H3,(H,21,24)/t13-/m1/s1. The fourth-order valence-electron chi connectivity index (χ4n) is 3.66. The fraction of sp³-hybridized carbons (Fsp3) is 0.611. The van der Waals surface area contributed by atoms with Gasteiger partial charge in [-0.05, 0) is 38.4 Å². The Kier molecular flexibility index (Phi) is 5.46. The summed E-state index contributed by atoms with van der Waals surface area (Å²) >= 11 is 0. The maximum absolute atomic E-state index is 13.5. The Bertz CT molecular complexity index is 590. The zero-order valence-electron chi connectivity index (χ0n) is 14.1. The van der Waals surface area contributed by atoms with Gasteiger partial charge < -0.3 is 5.32 Å². The molecule has 1 atom stereocenters. The lowest BCUT2D eigenvalue weighted by Crippen LogP contribution is -2.62. The number of carbonyl (C=O) groups is 1. The summed E-state index contributed by atoms with van der Waals surface area (Å²) in [6, 6.07) is 4.43. The first-order chi connectivity index (χ1) is 11.5. The number of amides is 1. The van der Waals surface area contributed by atoms with Crippen molar-refractivity contribution in [3.63, 3.8) is 0 Å². The number of nitrogens with zero attached hydrogens (tertiary/aromatic N) is 2. The summed E-state index contributed by atoms with van der Waals surface area (Å²) in [5.74, 6) is -1.63. The van der Waals surface area contributed by atoms with Crippen molar-refractivity contribution in [1.29, 1.82) is 0 Å². The van der Waals surface area contributed by atoms with Crippen molar-refractivity contribution in [3.8, 4) is 0 Å². The van der Waals surface area contributed by atoms with E-state index in [0.717, 1.165) is 25.2 Å².